The molecule has 0 radical (unpaired) electrons. The standard InChI is InChI=1S/C34H45N5O5/c1-20(2)29-30(40)35-21(3)31(41)39-18-8-11-27(38-39)32(42)44-22(4)26-15-14-24-13-12-23(19-28(24)36-26)16-17-34(5,33(43)37-29)25-9-6-7-10-25/h12-17,19-22,25,27,29,38H,6-11,18H2,1-5H3,(H,35,40)(H,37,43)/b17-16+/t21-,22+,27-,29-,34?/m0/s1. The molecule has 44 heavy (non-hydrogen) atoms. The second-order valence-corrected chi connectivity index (χ2v) is 13.1. The molecule has 10 nitrogen and oxygen atoms in total. The van der Waals surface area contributed by atoms with E-state index in [9.17, 15) is 19.2 Å². The van der Waals surface area contributed by atoms with Crippen LogP contribution in [0.4, 0.5) is 0 Å². The number of rotatable bonds is 2. The van der Waals surface area contributed by atoms with E-state index in [2.05, 4.69) is 16.1 Å². The van der Waals surface area contributed by atoms with Gasteiger partial charge in [0.05, 0.1) is 16.6 Å². The number of hydrogen-bond acceptors (Lipinski definition) is 7. The van der Waals surface area contributed by atoms with Crippen LogP contribution in [0.25, 0.3) is 17.0 Å². The third kappa shape index (κ3) is 6.65. The number of aromatic nitrogens is 1. The monoisotopic (exact) mass is 603 g/mol. The van der Waals surface area contributed by atoms with Gasteiger partial charge in [0.15, 0.2) is 0 Å². The number of fused-ring (bicyclic) bond motifs is 4. The number of ether oxygens (including phenoxy) is 1. The van der Waals surface area contributed by atoms with E-state index >= 15 is 0 Å². The topological polar surface area (TPSA) is 130 Å². The Morgan fingerprint density at radius 2 is 1.70 bits per heavy atom. The number of nitrogens with zero attached hydrogens (tertiary/aromatic N) is 2. The van der Waals surface area contributed by atoms with E-state index in [1.165, 1.54) is 5.01 Å². The van der Waals surface area contributed by atoms with E-state index in [1.54, 1.807) is 13.8 Å². The van der Waals surface area contributed by atoms with E-state index in [0.717, 1.165) is 42.1 Å². The Labute approximate surface area is 259 Å². The lowest BCUT2D eigenvalue weighted by atomic mass is 9.74. The maximum absolute atomic E-state index is 14.1. The second kappa shape index (κ2) is 13.1. The summed E-state index contributed by atoms with van der Waals surface area (Å²) in [5.41, 5.74) is 4.43. The Balaban J connectivity index is 1.54. The first-order chi connectivity index (χ1) is 21.0. The number of esters is 1. The first-order valence-electron chi connectivity index (χ1n) is 16.0. The summed E-state index contributed by atoms with van der Waals surface area (Å²) in [7, 11) is 0. The van der Waals surface area contributed by atoms with E-state index in [0.29, 0.717) is 25.1 Å². The highest BCUT2D eigenvalue weighted by molar-refractivity contribution is 5.94. The molecule has 1 aromatic carbocycles. The van der Waals surface area contributed by atoms with Gasteiger partial charge >= 0.3 is 5.97 Å². The van der Waals surface area contributed by atoms with Crippen LogP contribution in [-0.2, 0) is 23.9 Å². The zero-order valence-electron chi connectivity index (χ0n) is 26.4. The Bertz CT molecular complexity index is 1450. The molecule has 3 amide bonds. The third-order valence-corrected chi connectivity index (χ3v) is 9.46. The molecule has 3 aliphatic rings. The SMILES string of the molecule is CC(C)[C@@H]1NC(=O)C(C)(C2CCCC2)/C=C/c2ccc3ccc(nc3c2)[C@@H](C)OC(=O)[C@@H]2CCCN(N2)C(=O)[C@H](C)NC1=O. The predicted molar refractivity (Wildman–Crippen MR) is 168 cm³/mol. The Morgan fingerprint density at radius 1 is 0.977 bits per heavy atom. The molecule has 1 aromatic heterocycles. The summed E-state index contributed by atoms with van der Waals surface area (Å²) >= 11 is 0. The molecule has 1 saturated carbocycles. The van der Waals surface area contributed by atoms with Gasteiger partial charge < -0.3 is 15.4 Å². The molecular weight excluding hydrogens is 558 g/mol. The normalized spacial score (nSPS) is 30.3. The van der Waals surface area contributed by atoms with E-state index < -0.39 is 41.5 Å². The summed E-state index contributed by atoms with van der Waals surface area (Å²) < 4.78 is 5.80. The van der Waals surface area contributed by atoms with Crippen LogP contribution in [-0.4, -0.2) is 58.4 Å². The lowest BCUT2D eigenvalue weighted by molar-refractivity contribution is -0.157. The summed E-state index contributed by atoms with van der Waals surface area (Å²) in [6, 6.07) is 7.35. The van der Waals surface area contributed by atoms with Gasteiger partial charge in [0.1, 0.15) is 24.2 Å². The molecule has 2 aromatic rings. The van der Waals surface area contributed by atoms with Crippen LogP contribution in [0, 0.1) is 17.3 Å². The average Bonchev–Trinajstić information content (AvgIpc) is 3.57. The van der Waals surface area contributed by atoms with Crippen LogP contribution >= 0.6 is 0 Å². The van der Waals surface area contributed by atoms with Gasteiger partial charge in [-0.2, -0.15) is 0 Å². The molecule has 5 bridgehead atoms. The van der Waals surface area contributed by atoms with Gasteiger partial charge in [0.2, 0.25) is 11.8 Å². The number of hydrazine groups is 1. The van der Waals surface area contributed by atoms with Crippen LogP contribution in [0.1, 0.15) is 90.5 Å². The quantitative estimate of drug-likeness (QED) is 0.439. The highest BCUT2D eigenvalue weighted by Crippen LogP contribution is 2.42. The summed E-state index contributed by atoms with van der Waals surface area (Å²) in [4.78, 5) is 58.9. The number of amides is 3. The van der Waals surface area contributed by atoms with Crippen molar-refractivity contribution in [2.24, 2.45) is 17.3 Å². The molecule has 3 N–H and O–H groups in total. The number of pyridine rings is 1. The molecule has 1 aliphatic carbocycles. The molecule has 1 unspecified atom stereocenters. The van der Waals surface area contributed by atoms with Gasteiger partial charge in [-0.15, -0.1) is 0 Å². The number of hydrogen-bond donors (Lipinski definition) is 3. The fourth-order valence-corrected chi connectivity index (χ4v) is 6.53. The van der Waals surface area contributed by atoms with Crippen molar-refractivity contribution >= 4 is 40.7 Å². The number of carbonyl (C=O) groups excluding carboxylic acids is 4. The minimum Gasteiger partial charge on any atom is -0.455 e. The average molecular weight is 604 g/mol. The minimum absolute atomic E-state index is 0.135. The molecule has 2 fully saturated rings. The zero-order valence-corrected chi connectivity index (χ0v) is 26.4. The molecule has 1 saturated heterocycles. The Hall–Kier alpha value is -3.79. The summed E-state index contributed by atoms with van der Waals surface area (Å²) in [5, 5.41) is 8.19. The molecule has 3 heterocycles. The molecule has 0 spiro atoms. The van der Waals surface area contributed by atoms with Crippen molar-refractivity contribution in [3.63, 3.8) is 0 Å². The van der Waals surface area contributed by atoms with Crippen LogP contribution in [0.3, 0.4) is 0 Å². The number of cyclic esters (lactones) is 1. The fraction of sp³-hybridized carbons (Fsp3) is 0.559. The van der Waals surface area contributed by atoms with E-state index in [1.807, 2.05) is 63.3 Å². The molecule has 5 atom stereocenters. The second-order valence-electron chi connectivity index (χ2n) is 13.1. The molecule has 236 valence electrons. The largest absolute Gasteiger partial charge is 0.455 e. The maximum Gasteiger partial charge on any atom is 0.325 e. The van der Waals surface area contributed by atoms with Crippen molar-refractivity contribution in [1.29, 1.82) is 0 Å². The third-order valence-electron chi connectivity index (χ3n) is 9.46. The highest BCUT2D eigenvalue weighted by Gasteiger charge is 2.42. The molecule has 2 aliphatic heterocycles. The van der Waals surface area contributed by atoms with E-state index in [4.69, 9.17) is 9.72 Å². The smallest absolute Gasteiger partial charge is 0.325 e. The zero-order chi connectivity index (χ0) is 31.6. The Kier molecular flexibility index (Phi) is 9.39. The predicted octanol–water partition coefficient (Wildman–Crippen LogP) is 4.20. The van der Waals surface area contributed by atoms with Crippen molar-refractivity contribution < 1.29 is 23.9 Å². The molecule has 5 rings (SSSR count). The van der Waals surface area contributed by atoms with Crippen molar-refractivity contribution in [3.8, 4) is 0 Å². The Morgan fingerprint density at radius 3 is 2.43 bits per heavy atom. The lowest BCUT2D eigenvalue weighted by Gasteiger charge is -2.36. The first-order valence-corrected chi connectivity index (χ1v) is 16.0. The van der Waals surface area contributed by atoms with Crippen LogP contribution in [0.5, 0.6) is 0 Å². The first kappa shape index (κ1) is 31.6. The van der Waals surface area contributed by atoms with Gasteiger partial charge in [-0.1, -0.05) is 57.0 Å². The van der Waals surface area contributed by atoms with E-state index in [-0.39, 0.29) is 23.7 Å². The fourth-order valence-electron chi connectivity index (χ4n) is 6.53. The summed E-state index contributed by atoms with van der Waals surface area (Å²) in [6.45, 7) is 9.50. The molecule has 10 heteroatoms. The number of benzene rings is 1. The van der Waals surface area contributed by atoms with Crippen LogP contribution < -0.4 is 16.1 Å². The maximum atomic E-state index is 14.1. The minimum atomic E-state index is -0.876. The van der Waals surface area contributed by atoms with Gasteiger partial charge in [0, 0.05) is 11.9 Å². The van der Waals surface area contributed by atoms with Crippen LogP contribution in [0.2, 0.25) is 0 Å². The summed E-state index contributed by atoms with van der Waals surface area (Å²) in [6.07, 6.45) is 8.43. The molecular formula is C34H45N5O5. The van der Waals surface area contributed by atoms with Crippen LogP contribution in [0.15, 0.2) is 36.4 Å². The summed E-state index contributed by atoms with van der Waals surface area (Å²) in [5.74, 6) is -1.54. The van der Waals surface area contributed by atoms with Crippen molar-refractivity contribution in [1.82, 2.24) is 26.1 Å². The highest BCUT2D eigenvalue weighted by atomic mass is 16.5. The van der Waals surface area contributed by atoms with Gasteiger partial charge in [-0.05, 0) is 76.0 Å². The number of nitrogens with one attached hydrogen (secondary N) is 3. The van der Waals surface area contributed by atoms with Gasteiger partial charge in [-0.3, -0.25) is 24.2 Å². The number of carbonyl (C=O) groups is 4. The lowest BCUT2D eigenvalue weighted by Crippen LogP contribution is -2.61. The van der Waals surface area contributed by atoms with Gasteiger partial charge in [0.25, 0.3) is 5.91 Å². The van der Waals surface area contributed by atoms with Gasteiger partial charge in [-0.25, -0.2) is 10.4 Å². The van der Waals surface area contributed by atoms with Crippen molar-refractivity contribution in [2.45, 2.75) is 97.4 Å². The van der Waals surface area contributed by atoms with Crippen molar-refractivity contribution in [3.05, 3.63) is 47.7 Å². The van der Waals surface area contributed by atoms with Crippen molar-refractivity contribution in [2.75, 3.05) is 6.54 Å².